The summed E-state index contributed by atoms with van der Waals surface area (Å²) < 4.78 is 23.1. The Balaban J connectivity index is 1.17. The van der Waals surface area contributed by atoms with E-state index >= 15 is 0 Å². The molecule has 0 bridgehead atoms. The van der Waals surface area contributed by atoms with Crippen LogP contribution in [0.25, 0.3) is 12.2 Å². The Morgan fingerprint density at radius 3 is 1.22 bits per heavy atom. The second kappa shape index (κ2) is 24.7. The highest BCUT2D eigenvalue weighted by atomic mass is 16.5. The quantitative estimate of drug-likeness (QED) is 0.0254. The molecule has 67 heavy (non-hydrogen) atoms. The molecule has 0 spiro atoms. The number of hydrogen-bond acceptors (Lipinski definition) is 12. The summed E-state index contributed by atoms with van der Waals surface area (Å²) in [6, 6.07) is 27.0. The molecular weight excluding hydrogens is 849 g/mol. The number of ether oxygens (including phenoxy) is 4. The number of nitrogens with two attached hydrogens (primary N) is 2. The van der Waals surface area contributed by atoms with Crippen LogP contribution >= 0.6 is 0 Å². The van der Waals surface area contributed by atoms with Gasteiger partial charge >= 0.3 is 11.9 Å². The Kier molecular flexibility index (Phi) is 18.6. The predicted octanol–water partition coefficient (Wildman–Crippen LogP) is 8.69. The lowest BCUT2D eigenvalue weighted by molar-refractivity contribution is -0.146. The number of ketones is 2. The lowest BCUT2D eigenvalue weighted by Crippen LogP contribution is -2.54. The second-order valence-electron chi connectivity index (χ2n) is 18.0. The van der Waals surface area contributed by atoms with Crippen molar-refractivity contribution in [1.29, 1.82) is 0 Å². The number of benzene rings is 4. The van der Waals surface area contributed by atoms with E-state index in [2.05, 4.69) is 13.8 Å². The van der Waals surface area contributed by atoms with Gasteiger partial charge in [0.25, 0.3) is 0 Å². The van der Waals surface area contributed by atoms with E-state index in [1.54, 1.807) is 97.1 Å². The average molecular weight is 915 g/mol. The molecule has 0 aliphatic heterocycles. The van der Waals surface area contributed by atoms with E-state index in [9.17, 15) is 29.4 Å². The molecule has 0 amide bonds. The van der Waals surface area contributed by atoms with Crippen molar-refractivity contribution in [3.05, 3.63) is 131 Å². The van der Waals surface area contributed by atoms with Gasteiger partial charge in [-0.05, 0) is 160 Å². The standard InChI is InChI=1S/C55H66N2O10/c1-3-33-64-45-27-15-41(16-28-45)53(62)66-47-23-9-37(10-24-47)13-31-49(58)51(60)55(35-39-5-19-43(56)20-6-39,36-40-7-21-44(57)22-8-40)52(61)50(59)32-14-38-11-25-48(26-12-38)67-54(63)42-17-29-46(30-18-42)65-34-4-2/h5-14,19-26,31-32,41-42,45-46,51-52,60-61H,3-4,15-18,27-30,33-36,56-57H2,1-2H3/b31-13+,32-14+. The minimum absolute atomic E-state index is 0.0832. The number of aliphatic hydroxyl groups excluding tert-OH is 2. The van der Waals surface area contributed by atoms with Gasteiger partial charge in [-0.2, -0.15) is 0 Å². The summed E-state index contributed by atoms with van der Waals surface area (Å²) in [6.45, 7) is 5.58. The maximum atomic E-state index is 14.2. The fourth-order valence-electron chi connectivity index (χ4n) is 8.93. The van der Waals surface area contributed by atoms with Crippen LogP contribution in [0, 0.1) is 17.3 Å². The summed E-state index contributed by atoms with van der Waals surface area (Å²) in [4.78, 5) is 54.2. The smallest absolute Gasteiger partial charge is 0.314 e. The van der Waals surface area contributed by atoms with E-state index in [4.69, 9.17) is 30.4 Å². The van der Waals surface area contributed by atoms with Gasteiger partial charge in [-0.15, -0.1) is 0 Å². The summed E-state index contributed by atoms with van der Waals surface area (Å²) in [5.41, 5.74) is 13.7. The van der Waals surface area contributed by atoms with Crippen LogP contribution in [-0.2, 0) is 41.5 Å². The number of esters is 2. The van der Waals surface area contributed by atoms with Gasteiger partial charge in [-0.25, -0.2) is 0 Å². The van der Waals surface area contributed by atoms with Crippen molar-refractivity contribution in [3.8, 4) is 11.5 Å². The van der Waals surface area contributed by atoms with Crippen LogP contribution in [0.15, 0.2) is 109 Å². The molecule has 4 aromatic rings. The average Bonchev–Trinajstić information content (AvgIpc) is 3.35. The van der Waals surface area contributed by atoms with Gasteiger partial charge < -0.3 is 40.6 Å². The first-order chi connectivity index (χ1) is 32.3. The number of hydrogen-bond donors (Lipinski definition) is 4. The van der Waals surface area contributed by atoms with Crippen molar-refractivity contribution in [3.63, 3.8) is 0 Å². The highest BCUT2D eigenvalue weighted by molar-refractivity contribution is 6.01. The first-order valence-electron chi connectivity index (χ1n) is 23.7. The van der Waals surface area contributed by atoms with Gasteiger partial charge in [0.2, 0.25) is 0 Å². The zero-order valence-electron chi connectivity index (χ0n) is 38.7. The summed E-state index contributed by atoms with van der Waals surface area (Å²) in [5.74, 6) is -1.69. The molecule has 0 radical (unpaired) electrons. The van der Waals surface area contributed by atoms with Crippen LogP contribution in [0.2, 0.25) is 0 Å². The molecule has 12 nitrogen and oxygen atoms in total. The number of aliphatic hydroxyl groups is 2. The number of carbonyl (C=O) groups excluding carboxylic acids is 4. The molecule has 2 atom stereocenters. The molecule has 356 valence electrons. The summed E-state index contributed by atoms with van der Waals surface area (Å²) in [7, 11) is 0. The van der Waals surface area contributed by atoms with E-state index in [0.717, 1.165) is 51.7 Å². The second-order valence-corrected chi connectivity index (χ2v) is 18.0. The van der Waals surface area contributed by atoms with E-state index in [1.165, 1.54) is 24.3 Å². The van der Waals surface area contributed by atoms with Crippen molar-refractivity contribution >= 4 is 47.0 Å². The minimum atomic E-state index is -1.87. The van der Waals surface area contributed by atoms with Crippen LogP contribution in [0.1, 0.15) is 100 Å². The Labute approximate surface area is 394 Å². The molecule has 0 aromatic heterocycles. The zero-order valence-corrected chi connectivity index (χ0v) is 38.7. The first kappa shape index (κ1) is 50.5. The molecule has 6 rings (SSSR count). The summed E-state index contributed by atoms with van der Waals surface area (Å²) in [6.07, 6.45) is 9.95. The van der Waals surface area contributed by atoms with Crippen LogP contribution in [0.5, 0.6) is 11.5 Å². The molecule has 2 saturated carbocycles. The van der Waals surface area contributed by atoms with E-state index in [-0.39, 0.29) is 48.8 Å². The predicted molar refractivity (Wildman–Crippen MR) is 260 cm³/mol. The Bertz CT molecular complexity index is 2110. The Morgan fingerprint density at radius 1 is 0.552 bits per heavy atom. The molecule has 0 heterocycles. The summed E-state index contributed by atoms with van der Waals surface area (Å²) in [5, 5.41) is 24.4. The van der Waals surface area contributed by atoms with Crippen molar-refractivity contribution in [1.82, 2.24) is 0 Å². The third kappa shape index (κ3) is 14.5. The molecule has 2 fully saturated rings. The Hall–Kier alpha value is -5.92. The van der Waals surface area contributed by atoms with Crippen molar-refractivity contribution in [2.24, 2.45) is 17.3 Å². The fourth-order valence-corrected chi connectivity index (χ4v) is 8.93. The Morgan fingerprint density at radius 2 is 0.896 bits per heavy atom. The van der Waals surface area contributed by atoms with Crippen molar-refractivity contribution in [2.75, 3.05) is 24.7 Å². The van der Waals surface area contributed by atoms with Crippen LogP contribution < -0.4 is 20.9 Å². The van der Waals surface area contributed by atoms with Crippen molar-refractivity contribution < 1.29 is 48.3 Å². The largest absolute Gasteiger partial charge is 0.426 e. The van der Waals surface area contributed by atoms with Crippen LogP contribution in [0.3, 0.4) is 0 Å². The molecule has 2 unspecified atom stereocenters. The number of nitrogen functional groups attached to an aromatic ring is 2. The summed E-state index contributed by atoms with van der Waals surface area (Å²) >= 11 is 0. The number of anilines is 2. The van der Waals surface area contributed by atoms with Gasteiger partial charge in [0.15, 0.2) is 11.6 Å². The SMILES string of the molecule is CCCOC1CCC(C(=O)Oc2ccc(/C=C/C(=O)C(O)C(Cc3ccc(N)cc3)(Cc3ccc(N)cc3)C(O)C(=O)/C=C/c3ccc(OC(=O)C4CCC(OCCC)CC4)cc3)cc2)CC1. The molecule has 6 N–H and O–H groups in total. The van der Waals surface area contributed by atoms with Gasteiger partial charge in [0, 0.05) is 30.0 Å². The lowest BCUT2D eigenvalue weighted by Gasteiger charge is -2.40. The monoisotopic (exact) mass is 914 g/mol. The third-order valence-corrected chi connectivity index (χ3v) is 12.9. The van der Waals surface area contributed by atoms with Gasteiger partial charge in [0.1, 0.15) is 23.7 Å². The third-order valence-electron chi connectivity index (χ3n) is 12.9. The van der Waals surface area contributed by atoms with Gasteiger partial charge in [-0.3, -0.25) is 19.2 Å². The molecule has 4 aromatic carbocycles. The molecule has 2 aliphatic rings. The van der Waals surface area contributed by atoms with Gasteiger partial charge in [0.05, 0.1) is 24.0 Å². The van der Waals surface area contributed by atoms with Crippen LogP contribution in [0.4, 0.5) is 11.4 Å². The number of carbonyl (C=O) groups is 4. The maximum absolute atomic E-state index is 14.2. The molecule has 0 saturated heterocycles. The fraction of sp³-hybridized carbons (Fsp3) is 0.418. The molecule has 12 heteroatoms. The minimum Gasteiger partial charge on any atom is -0.426 e. The van der Waals surface area contributed by atoms with Crippen LogP contribution in [-0.4, -0.2) is 71.3 Å². The van der Waals surface area contributed by atoms with Crippen molar-refractivity contribution in [2.45, 2.75) is 115 Å². The van der Waals surface area contributed by atoms with Gasteiger partial charge in [-0.1, -0.05) is 74.5 Å². The highest BCUT2D eigenvalue weighted by Gasteiger charge is 2.49. The van der Waals surface area contributed by atoms with E-state index < -0.39 is 29.2 Å². The highest BCUT2D eigenvalue weighted by Crippen LogP contribution is 2.38. The van der Waals surface area contributed by atoms with E-state index in [1.807, 2.05) is 0 Å². The first-order valence-corrected chi connectivity index (χ1v) is 23.7. The maximum Gasteiger partial charge on any atom is 0.314 e. The zero-order chi connectivity index (χ0) is 47.8. The lowest BCUT2D eigenvalue weighted by atomic mass is 9.66. The van der Waals surface area contributed by atoms with E-state index in [0.29, 0.717) is 70.8 Å². The topological polar surface area (TPSA) is 198 Å². The number of rotatable bonds is 22. The normalized spacial score (nSPS) is 19.8. The molecule has 2 aliphatic carbocycles. The molecular formula is C55H66N2O10.